The molecule has 0 unspecified atom stereocenters. The van der Waals surface area contributed by atoms with Gasteiger partial charge in [0.1, 0.15) is 10.7 Å². The Morgan fingerprint density at radius 2 is 1.79 bits per heavy atom. The lowest BCUT2D eigenvalue weighted by Gasteiger charge is -2.33. The first-order valence-electron chi connectivity index (χ1n) is 13.7. The highest BCUT2D eigenvalue weighted by molar-refractivity contribution is 7.92. The zero-order valence-corrected chi connectivity index (χ0v) is 25.7. The number of nitrogens with zero attached hydrogens (tertiary/aromatic N) is 4. The van der Waals surface area contributed by atoms with Crippen molar-refractivity contribution < 1.29 is 17.9 Å². The van der Waals surface area contributed by atoms with Crippen LogP contribution in [0.3, 0.4) is 0 Å². The lowest BCUT2D eigenvalue weighted by molar-refractivity contribution is 0.186. The largest absolute Gasteiger partial charge is 0.480 e. The third-order valence-electron chi connectivity index (χ3n) is 7.55. The molecule has 2 aromatic heterocycles. The molecular formula is C30H35ClN6O4S. The van der Waals surface area contributed by atoms with Crippen LogP contribution >= 0.6 is 11.6 Å². The Labute approximate surface area is 251 Å². The van der Waals surface area contributed by atoms with Crippen LogP contribution in [0.5, 0.6) is 5.88 Å². The molecule has 0 atom stereocenters. The molecule has 42 heavy (non-hydrogen) atoms. The number of hydrogen-bond donors (Lipinski definition) is 2. The molecule has 222 valence electrons. The SMILES string of the molecule is COCc1cc(-c2ccc(NS(=O)(=O)c3ccccc3Cl)nc2OC)cc2cnc(NC3CCC(N(C)C)CC3)nc12. The standard InChI is InChI=1S/C30H35ClN6O4S/c1-37(2)23-11-9-22(10-12-23)33-30-32-17-20-15-19(16-21(18-40-3)28(20)35-30)24-13-14-27(34-29(24)41-4)36-42(38,39)26-8-6-5-7-25(26)31/h5-8,13-17,22-23H,9-12,18H2,1-4H3,(H,34,36)(H,32,33,35). The normalized spacial score (nSPS) is 17.4. The van der Waals surface area contributed by atoms with E-state index in [0.717, 1.165) is 47.7 Å². The molecule has 1 saturated carbocycles. The summed E-state index contributed by atoms with van der Waals surface area (Å²) in [6.07, 6.45) is 6.25. The number of methoxy groups -OCH3 is 2. The molecule has 10 nitrogen and oxygen atoms in total. The fourth-order valence-corrected chi connectivity index (χ4v) is 6.88. The highest BCUT2D eigenvalue weighted by atomic mass is 35.5. The van der Waals surface area contributed by atoms with Gasteiger partial charge >= 0.3 is 0 Å². The predicted octanol–water partition coefficient (Wildman–Crippen LogP) is 5.59. The monoisotopic (exact) mass is 610 g/mol. The van der Waals surface area contributed by atoms with E-state index in [2.05, 4.69) is 39.0 Å². The summed E-state index contributed by atoms with van der Waals surface area (Å²) in [5, 5.41) is 4.49. The van der Waals surface area contributed by atoms with E-state index in [9.17, 15) is 8.42 Å². The summed E-state index contributed by atoms with van der Waals surface area (Å²) in [7, 11) is 3.46. The Morgan fingerprint density at radius 1 is 1.02 bits per heavy atom. The van der Waals surface area contributed by atoms with Crippen LogP contribution in [0.4, 0.5) is 11.8 Å². The summed E-state index contributed by atoms with van der Waals surface area (Å²) in [6, 6.07) is 14.5. The molecule has 1 fully saturated rings. The molecule has 1 aliphatic rings. The summed E-state index contributed by atoms with van der Waals surface area (Å²) < 4.78 is 39.4. The molecule has 0 saturated heterocycles. The van der Waals surface area contributed by atoms with Gasteiger partial charge in [-0.2, -0.15) is 4.98 Å². The molecule has 2 aromatic carbocycles. The maximum absolute atomic E-state index is 12.9. The van der Waals surface area contributed by atoms with Gasteiger partial charge in [-0.3, -0.25) is 4.72 Å². The number of fused-ring (bicyclic) bond motifs is 1. The Hall–Kier alpha value is -3.51. The van der Waals surface area contributed by atoms with Crippen LogP contribution in [-0.4, -0.2) is 68.7 Å². The summed E-state index contributed by atoms with van der Waals surface area (Å²) in [5.74, 6) is 0.965. The van der Waals surface area contributed by atoms with Crippen LogP contribution in [0, 0.1) is 0 Å². The minimum absolute atomic E-state index is 0.0367. The molecule has 4 aromatic rings. The first kappa shape index (κ1) is 30.0. The van der Waals surface area contributed by atoms with Crippen LogP contribution in [0.2, 0.25) is 5.02 Å². The maximum Gasteiger partial charge on any atom is 0.264 e. The fraction of sp³-hybridized carbons (Fsp3) is 0.367. The molecule has 0 amide bonds. The van der Waals surface area contributed by atoms with Crippen LogP contribution in [0.1, 0.15) is 31.2 Å². The number of ether oxygens (including phenoxy) is 2. The van der Waals surface area contributed by atoms with Gasteiger partial charge in [-0.1, -0.05) is 23.7 Å². The zero-order chi connectivity index (χ0) is 29.9. The number of hydrogen-bond acceptors (Lipinski definition) is 9. The number of sulfonamides is 1. The molecule has 2 heterocycles. The van der Waals surface area contributed by atoms with Gasteiger partial charge in [0, 0.05) is 41.9 Å². The smallest absolute Gasteiger partial charge is 0.264 e. The van der Waals surface area contributed by atoms with Gasteiger partial charge in [0.2, 0.25) is 11.8 Å². The molecule has 0 aliphatic heterocycles. The minimum Gasteiger partial charge on any atom is -0.480 e. The highest BCUT2D eigenvalue weighted by Crippen LogP contribution is 2.34. The lowest BCUT2D eigenvalue weighted by atomic mass is 9.90. The molecule has 5 rings (SSSR count). The molecule has 1 aliphatic carbocycles. The summed E-state index contributed by atoms with van der Waals surface area (Å²) >= 11 is 6.11. The van der Waals surface area contributed by atoms with Crippen LogP contribution in [0.15, 0.2) is 59.6 Å². The van der Waals surface area contributed by atoms with Crippen molar-refractivity contribution in [3.63, 3.8) is 0 Å². The van der Waals surface area contributed by atoms with E-state index in [1.807, 2.05) is 18.3 Å². The van der Waals surface area contributed by atoms with E-state index in [-0.39, 0.29) is 21.6 Å². The molecule has 12 heteroatoms. The van der Waals surface area contributed by atoms with E-state index < -0.39 is 10.0 Å². The Morgan fingerprint density at radius 3 is 2.48 bits per heavy atom. The van der Waals surface area contributed by atoms with Gasteiger partial charge in [0.05, 0.1) is 24.3 Å². The fourth-order valence-electron chi connectivity index (χ4n) is 5.36. The van der Waals surface area contributed by atoms with Crippen LogP contribution < -0.4 is 14.8 Å². The summed E-state index contributed by atoms with van der Waals surface area (Å²) in [5.41, 5.74) is 3.18. The van der Waals surface area contributed by atoms with Crippen molar-refractivity contribution >= 4 is 44.3 Å². The van der Waals surface area contributed by atoms with Gasteiger partial charge in [-0.15, -0.1) is 0 Å². The topological polar surface area (TPSA) is 119 Å². The summed E-state index contributed by atoms with van der Waals surface area (Å²) in [4.78, 5) is 16.2. The van der Waals surface area contributed by atoms with E-state index in [1.54, 1.807) is 31.4 Å². The quantitative estimate of drug-likeness (QED) is 0.237. The molecular weight excluding hydrogens is 576 g/mol. The highest BCUT2D eigenvalue weighted by Gasteiger charge is 2.23. The lowest BCUT2D eigenvalue weighted by Crippen LogP contribution is -2.36. The second-order valence-corrected chi connectivity index (χ2v) is 12.7. The number of nitrogens with one attached hydrogen (secondary N) is 2. The first-order valence-corrected chi connectivity index (χ1v) is 15.6. The number of halogens is 1. The van der Waals surface area contributed by atoms with Gasteiger partial charge in [0.15, 0.2) is 0 Å². The number of rotatable bonds is 10. The predicted molar refractivity (Wildman–Crippen MR) is 166 cm³/mol. The van der Waals surface area contributed by atoms with E-state index in [0.29, 0.717) is 30.2 Å². The molecule has 0 spiro atoms. The number of aromatic nitrogens is 3. The van der Waals surface area contributed by atoms with Crippen LogP contribution in [0.25, 0.3) is 22.0 Å². The van der Waals surface area contributed by atoms with Gasteiger partial charge < -0.3 is 19.7 Å². The van der Waals surface area contributed by atoms with Gasteiger partial charge in [0.25, 0.3) is 10.0 Å². The second kappa shape index (κ2) is 12.8. The van der Waals surface area contributed by atoms with Crippen molar-refractivity contribution in [3.05, 3.63) is 65.3 Å². The van der Waals surface area contributed by atoms with Crippen molar-refractivity contribution in [2.24, 2.45) is 0 Å². The van der Waals surface area contributed by atoms with E-state index in [1.165, 1.54) is 19.2 Å². The van der Waals surface area contributed by atoms with Crippen molar-refractivity contribution in [2.45, 2.75) is 49.3 Å². The van der Waals surface area contributed by atoms with E-state index in [4.69, 9.17) is 26.1 Å². The third kappa shape index (κ3) is 6.59. The number of anilines is 2. The Kier molecular flexibility index (Phi) is 9.12. The molecule has 0 radical (unpaired) electrons. The average molecular weight is 611 g/mol. The molecule has 0 bridgehead atoms. The third-order valence-corrected chi connectivity index (χ3v) is 9.41. The van der Waals surface area contributed by atoms with E-state index >= 15 is 0 Å². The maximum atomic E-state index is 12.9. The van der Waals surface area contributed by atoms with Crippen molar-refractivity contribution in [3.8, 4) is 17.0 Å². The van der Waals surface area contributed by atoms with Crippen LogP contribution in [-0.2, 0) is 21.4 Å². The summed E-state index contributed by atoms with van der Waals surface area (Å²) in [6.45, 7) is 0.347. The average Bonchev–Trinajstić information content (AvgIpc) is 2.97. The Balaban J connectivity index is 1.42. The zero-order valence-electron chi connectivity index (χ0n) is 24.1. The number of benzene rings is 2. The molecule has 2 N–H and O–H groups in total. The van der Waals surface area contributed by atoms with Gasteiger partial charge in [-0.05, 0) is 81.7 Å². The number of pyridine rings is 1. The minimum atomic E-state index is -3.95. The van der Waals surface area contributed by atoms with Crippen molar-refractivity contribution in [2.75, 3.05) is 38.4 Å². The van der Waals surface area contributed by atoms with Crippen molar-refractivity contribution in [1.82, 2.24) is 19.9 Å². The van der Waals surface area contributed by atoms with Gasteiger partial charge in [-0.25, -0.2) is 18.4 Å². The van der Waals surface area contributed by atoms with Crippen molar-refractivity contribution in [1.29, 1.82) is 0 Å². The first-order chi connectivity index (χ1) is 20.2. The Bertz CT molecular complexity index is 1680. The second-order valence-electron chi connectivity index (χ2n) is 10.6.